The molecule has 230 valence electrons. The summed E-state index contributed by atoms with van der Waals surface area (Å²) in [4.78, 5) is 3.64. The van der Waals surface area contributed by atoms with Crippen LogP contribution in [0.1, 0.15) is 219 Å². The van der Waals surface area contributed by atoms with E-state index in [1.165, 1.54) is 192 Å². The molecule has 0 amide bonds. The molecular formula is C37H73N2+. The monoisotopic (exact) mass is 546 g/mol. The molecule has 0 aliphatic heterocycles. The van der Waals surface area contributed by atoms with Gasteiger partial charge in [-0.15, -0.1) is 0 Å². The van der Waals surface area contributed by atoms with E-state index < -0.39 is 0 Å². The number of imidazole rings is 1. The molecule has 39 heavy (non-hydrogen) atoms. The molecule has 1 aromatic rings. The lowest BCUT2D eigenvalue weighted by Gasteiger charge is -2.14. The molecule has 0 saturated heterocycles. The first-order valence-electron chi connectivity index (χ1n) is 18.4. The summed E-state index contributed by atoms with van der Waals surface area (Å²) in [6, 6.07) is 0. The first kappa shape index (κ1) is 36.2. The number of hydrogen-bond donors (Lipinski definition) is 1. The largest absolute Gasteiger partial charge is 0.257 e. The molecule has 1 aromatic heterocycles. The van der Waals surface area contributed by atoms with Gasteiger partial charge in [-0.2, -0.15) is 0 Å². The van der Waals surface area contributed by atoms with Crippen LogP contribution in [0.25, 0.3) is 0 Å². The van der Waals surface area contributed by atoms with Crippen molar-refractivity contribution in [3.8, 4) is 0 Å². The van der Waals surface area contributed by atoms with E-state index in [0.29, 0.717) is 0 Å². The van der Waals surface area contributed by atoms with E-state index in [1.807, 2.05) is 0 Å². The van der Waals surface area contributed by atoms with Crippen LogP contribution in [0.5, 0.6) is 0 Å². The van der Waals surface area contributed by atoms with Gasteiger partial charge in [-0.1, -0.05) is 188 Å². The highest BCUT2D eigenvalue weighted by molar-refractivity contribution is 4.90. The van der Waals surface area contributed by atoms with Crippen molar-refractivity contribution in [2.75, 3.05) is 0 Å². The van der Waals surface area contributed by atoms with E-state index in [4.69, 9.17) is 0 Å². The fraction of sp³-hybridized carbons (Fsp3) is 0.919. The number of aryl methyl sites for hydroxylation is 1. The fourth-order valence-corrected chi connectivity index (χ4v) is 6.40. The Kier molecular flexibility index (Phi) is 26.7. The van der Waals surface area contributed by atoms with E-state index in [1.54, 1.807) is 0 Å². The minimum atomic E-state index is 0.729. The van der Waals surface area contributed by atoms with Crippen molar-refractivity contribution in [2.24, 2.45) is 0 Å². The molecule has 0 aliphatic rings. The van der Waals surface area contributed by atoms with Crippen LogP contribution in [0, 0.1) is 0 Å². The molecule has 0 aromatic carbocycles. The van der Waals surface area contributed by atoms with Gasteiger partial charge in [-0.3, -0.25) is 0 Å². The van der Waals surface area contributed by atoms with Crippen LogP contribution in [0.4, 0.5) is 0 Å². The van der Waals surface area contributed by atoms with E-state index in [9.17, 15) is 0 Å². The SMILES string of the molecule is CCCCCCCCCCCCCCCCCC[C@H](CCCCCCCCCCCC)c1[nH]cc[n+]1CCC. The number of aromatic amines is 1. The van der Waals surface area contributed by atoms with Crippen LogP contribution in [0.2, 0.25) is 0 Å². The third-order valence-corrected chi connectivity index (χ3v) is 8.96. The summed E-state index contributed by atoms with van der Waals surface area (Å²) in [6.07, 6.45) is 46.0. The maximum absolute atomic E-state index is 3.64. The Balaban J connectivity index is 2.11. The highest BCUT2D eigenvalue weighted by atomic mass is 15.1. The van der Waals surface area contributed by atoms with E-state index in [0.717, 1.165) is 12.5 Å². The number of H-pyrrole nitrogens is 1. The molecule has 0 fully saturated rings. The van der Waals surface area contributed by atoms with Crippen LogP contribution in [0.15, 0.2) is 12.4 Å². The lowest BCUT2D eigenvalue weighted by Crippen LogP contribution is -2.37. The van der Waals surface area contributed by atoms with Crippen molar-refractivity contribution >= 4 is 0 Å². The summed E-state index contributed by atoms with van der Waals surface area (Å²) in [5.74, 6) is 2.24. The number of nitrogens with zero attached hydrogens (tertiary/aromatic N) is 1. The maximum atomic E-state index is 3.64. The molecule has 0 unspecified atom stereocenters. The lowest BCUT2D eigenvalue weighted by atomic mass is 9.93. The summed E-state index contributed by atoms with van der Waals surface area (Å²) in [7, 11) is 0. The fourth-order valence-electron chi connectivity index (χ4n) is 6.40. The number of rotatable bonds is 31. The second-order valence-corrected chi connectivity index (χ2v) is 12.8. The average molecular weight is 546 g/mol. The Hall–Kier alpha value is -0.790. The minimum absolute atomic E-state index is 0.729. The van der Waals surface area contributed by atoms with Crippen molar-refractivity contribution < 1.29 is 4.57 Å². The molecule has 0 bridgehead atoms. The van der Waals surface area contributed by atoms with Gasteiger partial charge in [0.05, 0.1) is 12.5 Å². The average Bonchev–Trinajstić information content (AvgIpc) is 3.41. The van der Waals surface area contributed by atoms with Gasteiger partial charge in [0.15, 0.2) is 0 Å². The molecular weight excluding hydrogens is 472 g/mol. The van der Waals surface area contributed by atoms with E-state index in [-0.39, 0.29) is 0 Å². The molecule has 1 atom stereocenters. The van der Waals surface area contributed by atoms with Gasteiger partial charge in [-0.05, 0) is 19.3 Å². The third kappa shape index (κ3) is 21.6. The smallest absolute Gasteiger partial charge is 0.247 e. The zero-order chi connectivity index (χ0) is 28.1. The van der Waals surface area contributed by atoms with Gasteiger partial charge in [0.2, 0.25) is 0 Å². The van der Waals surface area contributed by atoms with Crippen molar-refractivity contribution in [2.45, 2.75) is 219 Å². The summed E-state index contributed by atoms with van der Waals surface area (Å²) < 4.78 is 2.51. The van der Waals surface area contributed by atoms with Gasteiger partial charge < -0.3 is 0 Å². The Morgan fingerprint density at radius 3 is 1.13 bits per heavy atom. The van der Waals surface area contributed by atoms with Gasteiger partial charge >= 0.3 is 0 Å². The molecule has 1 N–H and O–H groups in total. The predicted molar refractivity (Wildman–Crippen MR) is 175 cm³/mol. The van der Waals surface area contributed by atoms with Crippen LogP contribution in [0.3, 0.4) is 0 Å². The quantitative estimate of drug-likeness (QED) is 0.0707. The molecule has 0 spiro atoms. The van der Waals surface area contributed by atoms with Gasteiger partial charge in [0, 0.05) is 0 Å². The standard InChI is InChI=1S/C37H72N2/c1-4-7-9-11-13-15-17-18-19-20-21-22-24-26-28-30-32-36(37-38-33-35-39(37)34-6-3)31-29-27-25-23-16-14-12-10-8-5-2/h33,35-36H,4-32,34H2,1-3H3/p+1/t36-/m0/s1. The van der Waals surface area contributed by atoms with Gasteiger partial charge in [-0.25, -0.2) is 9.55 Å². The highest BCUT2D eigenvalue weighted by Crippen LogP contribution is 2.26. The lowest BCUT2D eigenvalue weighted by molar-refractivity contribution is -0.704. The van der Waals surface area contributed by atoms with E-state index >= 15 is 0 Å². The Labute approximate surface area is 246 Å². The van der Waals surface area contributed by atoms with Gasteiger partial charge in [0.1, 0.15) is 12.4 Å². The molecule has 0 aliphatic carbocycles. The summed E-state index contributed by atoms with van der Waals surface area (Å²) in [5, 5.41) is 0. The number of hydrogen-bond acceptors (Lipinski definition) is 0. The number of aromatic nitrogens is 2. The zero-order valence-corrected chi connectivity index (χ0v) is 27.4. The summed E-state index contributed by atoms with van der Waals surface area (Å²) >= 11 is 0. The highest BCUT2D eigenvalue weighted by Gasteiger charge is 2.22. The first-order chi connectivity index (χ1) is 19.3. The van der Waals surface area contributed by atoms with Crippen LogP contribution >= 0.6 is 0 Å². The third-order valence-electron chi connectivity index (χ3n) is 8.96. The second kappa shape index (κ2) is 28.7. The van der Waals surface area contributed by atoms with Crippen LogP contribution in [-0.4, -0.2) is 4.98 Å². The molecule has 0 radical (unpaired) electrons. The first-order valence-corrected chi connectivity index (χ1v) is 18.4. The Bertz CT molecular complexity index is 592. The van der Waals surface area contributed by atoms with Gasteiger partial charge in [0.25, 0.3) is 5.82 Å². The topological polar surface area (TPSA) is 19.7 Å². The van der Waals surface area contributed by atoms with E-state index in [2.05, 4.69) is 42.7 Å². The molecule has 1 rings (SSSR count). The maximum Gasteiger partial charge on any atom is 0.257 e. The van der Waals surface area contributed by atoms with Crippen molar-refractivity contribution in [1.82, 2.24) is 4.98 Å². The number of unbranched alkanes of at least 4 members (excludes halogenated alkanes) is 24. The Morgan fingerprint density at radius 1 is 0.462 bits per heavy atom. The van der Waals surface area contributed by atoms with Crippen LogP contribution in [-0.2, 0) is 6.54 Å². The number of nitrogens with one attached hydrogen (secondary N) is 1. The normalized spacial score (nSPS) is 12.4. The molecule has 2 heteroatoms. The summed E-state index contributed by atoms with van der Waals surface area (Å²) in [6.45, 7) is 8.08. The predicted octanol–water partition coefficient (Wildman–Crippen LogP) is 12.8. The minimum Gasteiger partial charge on any atom is -0.247 e. The van der Waals surface area contributed by atoms with Crippen molar-refractivity contribution in [1.29, 1.82) is 0 Å². The Morgan fingerprint density at radius 2 is 0.795 bits per heavy atom. The zero-order valence-electron chi connectivity index (χ0n) is 27.4. The second-order valence-electron chi connectivity index (χ2n) is 12.8. The molecule has 2 nitrogen and oxygen atoms in total. The van der Waals surface area contributed by atoms with Crippen LogP contribution < -0.4 is 4.57 Å². The summed E-state index contributed by atoms with van der Waals surface area (Å²) in [5.41, 5.74) is 0. The van der Waals surface area contributed by atoms with Crippen molar-refractivity contribution in [3.05, 3.63) is 18.2 Å². The molecule has 1 heterocycles. The molecule has 0 saturated carbocycles. The van der Waals surface area contributed by atoms with Crippen molar-refractivity contribution in [3.63, 3.8) is 0 Å².